The average Bonchev–Trinajstić information content (AvgIpc) is 2.63. The first-order chi connectivity index (χ1) is 6.25. The molecule has 13 heavy (non-hydrogen) atoms. The minimum atomic E-state index is -0.0596. The predicted octanol–water partition coefficient (Wildman–Crippen LogP) is 0.940. The summed E-state index contributed by atoms with van der Waals surface area (Å²) in [6, 6.07) is -0.0596. The molecule has 2 aliphatic rings. The number of carbonyl (C=O) groups is 1. The lowest BCUT2D eigenvalue weighted by Gasteiger charge is -2.12. The van der Waals surface area contributed by atoms with Crippen molar-refractivity contribution in [2.24, 2.45) is 5.92 Å². The molecule has 1 unspecified atom stereocenters. The van der Waals surface area contributed by atoms with Gasteiger partial charge in [-0.05, 0) is 24.6 Å². The van der Waals surface area contributed by atoms with Crippen LogP contribution in [0.5, 0.6) is 0 Å². The summed E-state index contributed by atoms with van der Waals surface area (Å²) in [6.07, 6.45) is 6.15. The molecule has 1 saturated carbocycles. The molecule has 1 saturated heterocycles. The highest BCUT2D eigenvalue weighted by Gasteiger charge is 2.30. The minimum absolute atomic E-state index is 0.0527. The smallest absolute Gasteiger partial charge is 0.248 e. The first-order valence-corrected chi connectivity index (χ1v) is 5.28. The molecule has 0 aromatic carbocycles. The van der Waals surface area contributed by atoms with Crippen LogP contribution >= 0.6 is 12.2 Å². The van der Waals surface area contributed by atoms with Crippen molar-refractivity contribution in [3.8, 4) is 0 Å². The second-order valence-electron chi connectivity index (χ2n) is 3.90. The Labute approximate surface area is 83.3 Å². The molecule has 1 atom stereocenters. The molecular formula is C9H14N2OS. The molecule has 1 heterocycles. The molecule has 0 spiro atoms. The van der Waals surface area contributed by atoms with Gasteiger partial charge in [-0.15, -0.1) is 0 Å². The fourth-order valence-electron chi connectivity index (χ4n) is 2.20. The highest BCUT2D eigenvalue weighted by molar-refractivity contribution is 7.80. The Morgan fingerprint density at radius 1 is 1.38 bits per heavy atom. The summed E-state index contributed by atoms with van der Waals surface area (Å²) in [4.78, 5) is 11.3. The fourth-order valence-corrected chi connectivity index (χ4v) is 2.45. The third-order valence-corrected chi connectivity index (χ3v) is 3.12. The molecule has 2 N–H and O–H groups in total. The highest BCUT2D eigenvalue weighted by atomic mass is 32.1. The Kier molecular flexibility index (Phi) is 2.49. The van der Waals surface area contributed by atoms with Crippen molar-refractivity contribution in [2.45, 2.75) is 38.1 Å². The summed E-state index contributed by atoms with van der Waals surface area (Å²) in [5, 5.41) is 6.12. The van der Waals surface area contributed by atoms with Crippen molar-refractivity contribution in [2.75, 3.05) is 0 Å². The Hall–Kier alpha value is -0.640. The van der Waals surface area contributed by atoms with Gasteiger partial charge in [0.15, 0.2) is 5.11 Å². The van der Waals surface area contributed by atoms with Gasteiger partial charge in [0.05, 0.1) is 0 Å². The van der Waals surface area contributed by atoms with Crippen LogP contribution in [0.4, 0.5) is 0 Å². The summed E-state index contributed by atoms with van der Waals surface area (Å²) in [7, 11) is 0. The van der Waals surface area contributed by atoms with Gasteiger partial charge in [0, 0.05) is 0 Å². The zero-order valence-electron chi connectivity index (χ0n) is 7.51. The van der Waals surface area contributed by atoms with Crippen LogP contribution in [0.15, 0.2) is 0 Å². The van der Waals surface area contributed by atoms with Crippen LogP contribution in [-0.2, 0) is 4.79 Å². The predicted molar refractivity (Wildman–Crippen MR) is 54.2 cm³/mol. The van der Waals surface area contributed by atoms with E-state index in [4.69, 9.17) is 12.2 Å². The molecule has 0 aromatic heterocycles. The number of hydrogen-bond acceptors (Lipinski definition) is 2. The summed E-state index contributed by atoms with van der Waals surface area (Å²) < 4.78 is 0. The SMILES string of the molecule is O=C1NC(=S)NC1CC1CCCC1. The summed E-state index contributed by atoms with van der Waals surface area (Å²) in [6.45, 7) is 0. The van der Waals surface area contributed by atoms with Crippen molar-refractivity contribution < 1.29 is 4.79 Å². The molecule has 1 aliphatic heterocycles. The van der Waals surface area contributed by atoms with Crippen molar-refractivity contribution in [1.82, 2.24) is 10.6 Å². The van der Waals surface area contributed by atoms with E-state index >= 15 is 0 Å². The fraction of sp³-hybridized carbons (Fsp3) is 0.778. The van der Waals surface area contributed by atoms with Crippen LogP contribution < -0.4 is 10.6 Å². The maximum absolute atomic E-state index is 11.3. The lowest BCUT2D eigenvalue weighted by Crippen LogP contribution is -2.30. The number of amides is 1. The van der Waals surface area contributed by atoms with Crippen molar-refractivity contribution in [3.05, 3.63) is 0 Å². The van der Waals surface area contributed by atoms with Gasteiger partial charge in [0.25, 0.3) is 0 Å². The lowest BCUT2D eigenvalue weighted by atomic mass is 9.99. The van der Waals surface area contributed by atoms with Gasteiger partial charge in [-0.3, -0.25) is 4.79 Å². The second kappa shape index (κ2) is 3.62. The maximum Gasteiger partial charge on any atom is 0.248 e. The van der Waals surface area contributed by atoms with Crippen LogP contribution in [-0.4, -0.2) is 17.1 Å². The molecule has 2 fully saturated rings. The molecular weight excluding hydrogens is 184 g/mol. The molecule has 0 radical (unpaired) electrons. The standard InChI is InChI=1S/C9H14N2OS/c12-8-7(10-9(13)11-8)5-6-3-1-2-4-6/h6-7H,1-5H2,(H2,10,11,12,13). The quantitative estimate of drug-likeness (QED) is 0.649. The number of hydrogen-bond donors (Lipinski definition) is 2. The van der Waals surface area contributed by atoms with Crippen LogP contribution in [0.1, 0.15) is 32.1 Å². The third kappa shape index (κ3) is 1.99. The zero-order valence-corrected chi connectivity index (χ0v) is 8.32. The topological polar surface area (TPSA) is 41.1 Å². The number of carbonyl (C=O) groups excluding carboxylic acids is 1. The average molecular weight is 198 g/mol. The molecule has 1 amide bonds. The van der Waals surface area contributed by atoms with Crippen LogP contribution in [0, 0.1) is 5.92 Å². The van der Waals surface area contributed by atoms with E-state index in [0.717, 1.165) is 12.3 Å². The monoisotopic (exact) mass is 198 g/mol. The molecule has 4 heteroatoms. The molecule has 0 bridgehead atoms. The van der Waals surface area contributed by atoms with Crippen molar-refractivity contribution in [3.63, 3.8) is 0 Å². The highest BCUT2D eigenvalue weighted by Crippen LogP contribution is 2.28. The summed E-state index contributed by atoms with van der Waals surface area (Å²) in [5.41, 5.74) is 0. The van der Waals surface area contributed by atoms with Gasteiger partial charge in [-0.2, -0.15) is 0 Å². The molecule has 3 nitrogen and oxygen atoms in total. The van der Waals surface area contributed by atoms with E-state index in [1.54, 1.807) is 0 Å². The third-order valence-electron chi connectivity index (χ3n) is 2.90. The summed E-state index contributed by atoms with van der Waals surface area (Å²) >= 11 is 4.87. The summed E-state index contributed by atoms with van der Waals surface area (Å²) in [5.74, 6) is 0.779. The number of thiocarbonyl (C=S) groups is 1. The van der Waals surface area contributed by atoms with Gasteiger partial charge >= 0.3 is 0 Å². The van der Waals surface area contributed by atoms with E-state index in [9.17, 15) is 4.79 Å². The molecule has 1 aliphatic carbocycles. The van der Waals surface area contributed by atoms with E-state index in [-0.39, 0.29) is 11.9 Å². The van der Waals surface area contributed by atoms with E-state index in [0.29, 0.717) is 5.11 Å². The van der Waals surface area contributed by atoms with Crippen LogP contribution in [0.2, 0.25) is 0 Å². The normalized spacial score (nSPS) is 29.1. The largest absolute Gasteiger partial charge is 0.351 e. The Morgan fingerprint density at radius 2 is 2.08 bits per heavy atom. The lowest BCUT2D eigenvalue weighted by molar-refractivity contribution is -0.120. The first kappa shape index (κ1) is 8.94. The van der Waals surface area contributed by atoms with Gasteiger partial charge in [-0.1, -0.05) is 25.7 Å². The van der Waals surface area contributed by atoms with E-state index in [1.165, 1.54) is 25.7 Å². The Morgan fingerprint density at radius 3 is 2.62 bits per heavy atom. The molecule has 2 rings (SSSR count). The van der Waals surface area contributed by atoms with Gasteiger partial charge < -0.3 is 10.6 Å². The Balaban J connectivity index is 1.87. The molecule has 0 aromatic rings. The van der Waals surface area contributed by atoms with Crippen molar-refractivity contribution in [1.29, 1.82) is 0 Å². The first-order valence-electron chi connectivity index (χ1n) is 4.87. The van der Waals surface area contributed by atoms with Crippen LogP contribution in [0.25, 0.3) is 0 Å². The maximum atomic E-state index is 11.3. The van der Waals surface area contributed by atoms with Gasteiger partial charge in [0.1, 0.15) is 6.04 Å². The Bertz CT molecular complexity index is 236. The van der Waals surface area contributed by atoms with Gasteiger partial charge in [0.2, 0.25) is 5.91 Å². The van der Waals surface area contributed by atoms with Crippen molar-refractivity contribution >= 4 is 23.2 Å². The molecule has 72 valence electrons. The second-order valence-corrected chi connectivity index (χ2v) is 4.31. The van der Waals surface area contributed by atoms with E-state index < -0.39 is 0 Å². The van der Waals surface area contributed by atoms with Crippen LogP contribution in [0.3, 0.4) is 0 Å². The van der Waals surface area contributed by atoms with E-state index in [1.807, 2.05) is 0 Å². The minimum Gasteiger partial charge on any atom is -0.351 e. The number of nitrogens with one attached hydrogen (secondary N) is 2. The van der Waals surface area contributed by atoms with Gasteiger partial charge in [-0.25, -0.2) is 0 Å². The van der Waals surface area contributed by atoms with E-state index in [2.05, 4.69) is 10.6 Å². The zero-order chi connectivity index (χ0) is 9.26. The number of rotatable bonds is 2.